The van der Waals surface area contributed by atoms with Crippen LogP contribution in [0.2, 0.25) is 0 Å². The molecule has 0 saturated heterocycles. The summed E-state index contributed by atoms with van der Waals surface area (Å²) in [4.78, 5) is 0. The molecule has 0 amide bonds. The van der Waals surface area contributed by atoms with E-state index < -0.39 is 15.4 Å². The van der Waals surface area contributed by atoms with Crippen LogP contribution in [0, 0.1) is 0 Å². The van der Waals surface area contributed by atoms with E-state index in [0.717, 1.165) is 12.8 Å². The van der Waals surface area contributed by atoms with Crippen LogP contribution in [0.1, 0.15) is 25.7 Å². The van der Waals surface area contributed by atoms with Crippen molar-refractivity contribution < 1.29 is 13.0 Å². The van der Waals surface area contributed by atoms with Crippen LogP contribution in [0.4, 0.5) is 0 Å². The minimum Gasteiger partial charge on any atom is -0.326 e. The number of rotatable bonds is 1. The third-order valence-corrected chi connectivity index (χ3v) is 3.49. The van der Waals surface area contributed by atoms with Crippen LogP contribution >= 0.6 is 0 Å². The highest BCUT2D eigenvalue weighted by Gasteiger charge is 2.31. The Hall–Kier alpha value is -0.130. The summed E-state index contributed by atoms with van der Waals surface area (Å²) in [5, 5.41) is -0.726. The first-order valence-electron chi connectivity index (χ1n) is 3.73. The molecule has 0 aromatic heterocycles. The van der Waals surface area contributed by atoms with E-state index in [0.29, 0.717) is 12.8 Å². The SMILES string of the molecule is N[C@@H]1CCCC[C@@H]1S(=O)(=O)O. The number of nitrogens with two attached hydrogens (primary N) is 1. The second-order valence-electron chi connectivity index (χ2n) is 3.00. The summed E-state index contributed by atoms with van der Waals surface area (Å²) in [5.74, 6) is 0. The van der Waals surface area contributed by atoms with Gasteiger partial charge in [-0.2, -0.15) is 8.42 Å². The normalized spacial score (nSPS) is 33.6. The monoisotopic (exact) mass is 179 g/mol. The fourth-order valence-corrected chi connectivity index (χ4v) is 2.54. The molecule has 11 heavy (non-hydrogen) atoms. The average molecular weight is 179 g/mol. The van der Waals surface area contributed by atoms with Crippen LogP contribution in [-0.2, 0) is 10.1 Å². The molecule has 1 aliphatic rings. The predicted molar refractivity (Wildman–Crippen MR) is 41.8 cm³/mol. The van der Waals surface area contributed by atoms with E-state index in [2.05, 4.69) is 0 Å². The number of hydrogen-bond acceptors (Lipinski definition) is 3. The summed E-state index contributed by atoms with van der Waals surface area (Å²) in [6, 6.07) is -0.376. The van der Waals surface area contributed by atoms with Gasteiger partial charge < -0.3 is 5.73 Å². The smallest absolute Gasteiger partial charge is 0.269 e. The lowest BCUT2D eigenvalue weighted by Gasteiger charge is -2.25. The Morgan fingerprint density at radius 2 is 1.82 bits per heavy atom. The van der Waals surface area contributed by atoms with Gasteiger partial charge in [-0.25, -0.2) is 0 Å². The van der Waals surface area contributed by atoms with Crippen LogP contribution in [-0.4, -0.2) is 24.3 Å². The molecular weight excluding hydrogens is 166 g/mol. The van der Waals surface area contributed by atoms with Crippen LogP contribution in [0.5, 0.6) is 0 Å². The van der Waals surface area contributed by atoms with E-state index in [9.17, 15) is 8.42 Å². The van der Waals surface area contributed by atoms with E-state index in [-0.39, 0.29) is 6.04 Å². The molecule has 0 bridgehead atoms. The quantitative estimate of drug-likeness (QED) is 0.561. The lowest BCUT2D eigenvalue weighted by atomic mass is 9.96. The lowest BCUT2D eigenvalue weighted by Crippen LogP contribution is -2.42. The molecule has 2 atom stereocenters. The molecule has 0 radical (unpaired) electrons. The first-order chi connectivity index (χ1) is 5.02. The molecule has 0 unspecified atom stereocenters. The van der Waals surface area contributed by atoms with Gasteiger partial charge in [-0.05, 0) is 12.8 Å². The highest BCUT2D eigenvalue weighted by Crippen LogP contribution is 2.21. The van der Waals surface area contributed by atoms with Gasteiger partial charge in [-0.15, -0.1) is 0 Å². The molecule has 3 N–H and O–H groups in total. The molecule has 4 nitrogen and oxygen atoms in total. The van der Waals surface area contributed by atoms with Gasteiger partial charge >= 0.3 is 0 Å². The first kappa shape index (κ1) is 8.96. The van der Waals surface area contributed by atoms with Crippen molar-refractivity contribution in [1.82, 2.24) is 0 Å². The van der Waals surface area contributed by atoms with Crippen LogP contribution in [0.15, 0.2) is 0 Å². The van der Waals surface area contributed by atoms with Gasteiger partial charge in [0.25, 0.3) is 10.1 Å². The van der Waals surface area contributed by atoms with Crippen molar-refractivity contribution >= 4 is 10.1 Å². The molecule has 0 spiro atoms. The maximum absolute atomic E-state index is 10.7. The highest BCUT2D eigenvalue weighted by molar-refractivity contribution is 7.86. The second kappa shape index (κ2) is 3.08. The summed E-state index contributed by atoms with van der Waals surface area (Å²) in [6.07, 6.45) is 3.01. The van der Waals surface area contributed by atoms with E-state index in [4.69, 9.17) is 10.3 Å². The fraction of sp³-hybridized carbons (Fsp3) is 1.00. The molecule has 0 aliphatic heterocycles. The molecule has 0 aromatic rings. The zero-order valence-electron chi connectivity index (χ0n) is 6.23. The van der Waals surface area contributed by atoms with Crippen molar-refractivity contribution in [2.24, 2.45) is 5.73 Å². The highest BCUT2D eigenvalue weighted by atomic mass is 32.2. The molecule has 1 fully saturated rings. The molecule has 1 rings (SSSR count). The van der Waals surface area contributed by atoms with Crippen molar-refractivity contribution in [3.63, 3.8) is 0 Å². The minimum absolute atomic E-state index is 0.376. The largest absolute Gasteiger partial charge is 0.326 e. The Labute approximate surface area is 66.5 Å². The minimum atomic E-state index is -3.90. The summed E-state index contributed by atoms with van der Waals surface area (Å²) >= 11 is 0. The van der Waals surface area contributed by atoms with Crippen LogP contribution < -0.4 is 5.73 Å². The molecule has 0 aromatic carbocycles. The Bertz CT molecular complexity index is 224. The standard InChI is InChI=1S/C6H13NO3S/c7-5-3-1-2-4-6(5)11(8,9)10/h5-6H,1-4,7H2,(H,8,9,10)/t5-,6+/m1/s1. The topological polar surface area (TPSA) is 80.4 Å². The fourth-order valence-electron chi connectivity index (χ4n) is 1.50. The van der Waals surface area contributed by atoms with Gasteiger partial charge in [0.1, 0.15) is 5.25 Å². The van der Waals surface area contributed by atoms with E-state index >= 15 is 0 Å². The number of hydrogen-bond donors (Lipinski definition) is 2. The predicted octanol–water partition coefficient (Wildman–Crippen LogP) is 0.144. The molecule has 66 valence electrons. The Balaban J connectivity index is 2.70. The zero-order chi connectivity index (χ0) is 8.48. The molecule has 5 heteroatoms. The maximum atomic E-state index is 10.7. The molecule has 1 aliphatic carbocycles. The Morgan fingerprint density at radius 1 is 1.27 bits per heavy atom. The van der Waals surface area contributed by atoms with Crippen molar-refractivity contribution in [3.05, 3.63) is 0 Å². The summed E-state index contributed by atoms with van der Waals surface area (Å²) in [6.45, 7) is 0. The second-order valence-corrected chi connectivity index (χ2v) is 4.64. The van der Waals surface area contributed by atoms with Gasteiger partial charge in [-0.1, -0.05) is 12.8 Å². The molecule has 1 saturated carbocycles. The van der Waals surface area contributed by atoms with Crippen molar-refractivity contribution in [2.75, 3.05) is 0 Å². The maximum Gasteiger partial charge on any atom is 0.269 e. The molecule has 0 heterocycles. The van der Waals surface area contributed by atoms with Gasteiger partial charge in [0.15, 0.2) is 0 Å². The van der Waals surface area contributed by atoms with Gasteiger partial charge in [0.05, 0.1) is 0 Å². The summed E-state index contributed by atoms with van der Waals surface area (Å²) in [7, 11) is -3.90. The lowest BCUT2D eigenvalue weighted by molar-refractivity contribution is 0.395. The first-order valence-corrected chi connectivity index (χ1v) is 5.24. The summed E-state index contributed by atoms with van der Waals surface area (Å²) in [5.41, 5.74) is 5.53. The average Bonchev–Trinajstić information content (AvgIpc) is 1.86. The third-order valence-electron chi connectivity index (χ3n) is 2.14. The van der Waals surface area contributed by atoms with Crippen molar-refractivity contribution in [2.45, 2.75) is 37.0 Å². The van der Waals surface area contributed by atoms with E-state index in [1.807, 2.05) is 0 Å². The van der Waals surface area contributed by atoms with Crippen molar-refractivity contribution in [1.29, 1.82) is 0 Å². The van der Waals surface area contributed by atoms with E-state index in [1.54, 1.807) is 0 Å². The van der Waals surface area contributed by atoms with Crippen molar-refractivity contribution in [3.8, 4) is 0 Å². The zero-order valence-corrected chi connectivity index (χ0v) is 7.05. The summed E-state index contributed by atoms with van der Waals surface area (Å²) < 4.78 is 30.0. The van der Waals surface area contributed by atoms with Crippen LogP contribution in [0.25, 0.3) is 0 Å². The Morgan fingerprint density at radius 3 is 2.18 bits per heavy atom. The van der Waals surface area contributed by atoms with Gasteiger partial charge in [0.2, 0.25) is 0 Å². The Kier molecular flexibility index (Phi) is 2.51. The third kappa shape index (κ3) is 2.15. The van der Waals surface area contributed by atoms with Gasteiger partial charge in [0, 0.05) is 6.04 Å². The van der Waals surface area contributed by atoms with E-state index in [1.165, 1.54) is 0 Å². The van der Waals surface area contributed by atoms with Gasteiger partial charge in [-0.3, -0.25) is 4.55 Å². The van der Waals surface area contributed by atoms with Crippen LogP contribution in [0.3, 0.4) is 0 Å². The molecular formula is C6H13NO3S.